The van der Waals surface area contributed by atoms with Gasteiger partial charge in [0.1, 0.15) is 0 Å². The number of nitrogens with two attached hydrogens (primary N) is 1. The van der Waals surface area contributed by atoms with Crippen LogP contribution in [0.5, 0.6) is 0 Å². The fourth-order valence-electron chi connectivity index (χ4n) is 0.945. The zero-order valence-electron chi connectivity index (χ0n) is 6.34. The molecule has 0 bridgehead atoms. The first-order valence-electron chi connectivity index (χ1n) is 3.66. The van der Waals surface area contributed by atoms with Crippen molar-refractivity contribution in [2.45, 2.75) is 12.8 Å². The first-order valence-corrected chi connectivity index (χ1v) is 3.66. The summed E-state index contributed by atoms with van der Waals surface area (Å²) in [4.78, 5) is 10.4. The molecule has 0 fully saturated rings. The van der Waals surface area contributed by atoms with Gasteiger partial charge < -0.3 is 11.1 Å². The number of hydrogen-bond acceptors (Lipinski definition) is 2. The Kier molecular flexibility index (Phi) is 2.72. The van der Waals surface area contributed by atoms with E-state index in [0.29, 0.717) is 6.42 Å². The van der Waals surface area contributed by atoms with E-state index in [1.54, 1.807) is 0 Å². The highest BCUT2D eigenvalue weighted by Gasteiger charge is 1.98. The molecule has 0 aromatic rings. The van der Waals surface area contributed by atoms with Gasteiger partial charge in [0.2, 0.25) is 5.91 Å². The molecule has 1 rings (SSSR count). The SMILES string of the molecule is NC(=O)CCC1=CCNC=C1. The number of carbonyl (C=O) groups is 1. The second kappa shape index (κ2) is 3.81. The molecular formula is C8H12N2O. The number of dihydropyridines is 1. The van der Waals surface area contributed by atoms with Gasteiger partial charge >= 0.3 is 0 Å². The molecule has 0 spiro atoms. The Bertz CT molecular complexity index is 206. The molecule has 0 saturated carbocycles. The number of carbonyl (C=O) groups excluding carboxylic acids is 1. The Balaban J connectivity index is 2.31. The Hall–Kier alpha value is -1.25. The van der Waals surface area contributed by atoms with Crippen molar-refractivity contribution in [3.05, 3.63) is 23.9 Å². The minimum Gasteiger partial charge on any atom is -0.387 e. The smallest absolute Gasteiger partial charge is 0.217 e. The summed E-state index contributed by atoms with van der Waals surface area (Å²) in [7, 11) is 0. The standard InChI is InChI=1S/C8H12N2O/c9-8(11)2-1-7-3-5-10-6-4-7/h3-5,10H,1-2,6H2,(H2,9,11). The lowest BCUT2D eigenvalue weighted by Crippen LogP contribution is -2.12. The molecule has 0 aromatic carbocycles. The Labute approximate surface area is 66.0 Å². The molecule has 0 aromatic heterocycles. The highest BCUT2D eigenvalue weighted by Crippen LogP contribution is 2.07. The number of allylic oxidation sites excluding steroid dienone is 2. The van der Waals surface area contributed by atoms with Gasteiger partial charge in [-0.15, -0.1) is 0 Å². The van der Waals surface area contributed by atoms with Gasteiger partial charge in [-0.1, -0.05) is 6.08 Å². The van der Waals surface area contributed by atoms with E-state index in [-0.39, 0.29) is 5.91 Å². The van der Waals surface area contributed by atoms with Gasteiger partial charge in [-0.05, 0) is 24.3 Å². The van der Waals surface area contributed by atoms with Crippen LogP contribution in [-0.4, -0.2) is 12.5 Å². The van der Waals surface area contributed by atoms with E-state index in [2.05, 4.69) is 11.4 Å². The van der Waals surface area contributed by atoms with Crippen LogP contribution in [0.25, 0.3) is 0 Å². The molecule has 11 heavy (non-hydrogen) atoms. The first kappa shape index (κ1) is 7.85. The largest absolute Gasteiger partial charge is 0.387 e. The van der Waals surface area contributed by atoms with E-state index in [1.807, 2.05) is 12.3 Å². The predicted octanol–water partition coefficient (Wildman–Crippen LogP) is 0.295. The molecule has 1 aliphatic heterocycles. The Morgan fingerprint density at radius 1 is 1.73 bits per heavy atom. The van der Waals surface area contributed by atoms with Crippen molar-refractivity contribution < 1.29 is 4.79 Å². The summed E-state index contributed by atoms with van der Waals surface area (Å²) < 4.78 is 0. The van der Waals surface area contributed by atoms with Gasteiger partial charge in [-0.25, -0.2) is 0 Å². The number of hydrogen-bond donors (Lipinski definition) is 2. The number of primary amides is 1. The number of amides is 1. The third-order valence-corrected chi connectivity index (χ3v) is 1.56. The van der Waals surface area contributed by atoms with Crippen LogP contribution in [0.1, 0.15) is 12.8 Å². The predicted molar refractivity (Wildman–Crippen MR) is 43.7 cm³/mol. The molecule has 0 radical (unpaired) electrons. The summed E-state index contributed by atoms with van der Waals surface area (Å²) in [5, 5.41) is 3.03. The van der Waals surface area contributed by atoms with Crippen molar-refractivity contribution in [1.82, 2.24) is 5.32 Å². The molecule has 1 amide bonds. The van der Waals surface area contributed by atoms with Crippen LogP contribution in [0.15, 0.2) is 23.9 Å². The van der Waals surface area contributed by atoms with Crippen LogP contribution in [0, 0.1) is 0 Å². The fraction of sp³-hybridized carbons (Fsp3) is 0.375. The van der Waals surface area contributed by atoms with Gasteiger partial charge in [-0.3, -0.25) is 4.79 Å². The lowest BCUT2D eigenvalue weighted by atomic mass is 10.1. The van der Waals surface area contributed by atoms with E-state index in [0.717, 1.165) is 13.0 Å². The van der Waals surface area contributed by atoms with Crippen LogP contribution in [0.2, 0.25) is 0 Å². The number of nitrogens with one attached hydrogen (secondary N) is 1. The van der Waals surface area contributed by atoms with E-state index < -0.39 is 0 Å². The molecule has 60 valence electrons. The van der Waals surface area contributed by atoms with E-state index in [4.69, 9.17) is 5.73 Å². The lowest BCUT2D eigenvalue weighted by Gasteiger charge is -2.06. The van der Waals surface area contributed by atoms with E-state index in [1.165, 1.54) is 5.57 Å². The van der Waals surface area contributed by atoms with Crippen molar-refractivity contribution in [1.29, 1.82) is 0 Å². The highest BCUT2D eigenvalue weighted by molar-refractivity contribution is 5.74. The first-order chi connectivity index (χ1) is 5.29. The van der Waals surface area contributed by atoms with Crippen molar-refractivity contribution in [3.63, 3.8) is 0 Å². The molecule has 0 saturated heterocycles. The molecular weight excluding hydrogens is 140 g/mol. The van der Waals surface area contributed by atoms with Gasteiger partial charge in [0, 0.05) is 13.0 Å². The third-order valence-electron chi connectivity index (χ3n) is 1.56. The van der Waals surface area contributed by atoms with Gasteiger partial charge in [0.15, 0.2) is 0 Å². The summed E-state index contributed by atoms with van der Waals surface area (Å²) in [5.74, 6) is -0.238. The van der Waals surface area contributed by atoms with Crippen LogP contribution in [0.3, 0.4) is 0 Å². The molecule has 0 atom stereocenters. The fourth-order valence-corrected chi connectivity index (χ4v) is 0.945. The van der Waals surface area contributed by atoms with Crippen molar-refractivity contribution in [3.8, 4) is 0 Å². The minimum absolute atomic E-state index is 0.238. The Morgan fingerprint density at radius 3 is 3.09 bits per heavy atom. The second-order valence-electron chi connectivity index (χ2n) is 2.49. The quantitative estimate of drug-likeness (QED) is 0.611. The Morgan fingerprint density at radius 2 is 2.55 bits per heavy atom. The zero-order chi connectivity index (χ0) is 8.10. The minimum atomic E-state index is -0.238. The van der Waals surface area contributed by atoms with E-state index in [9.17, 15) is 4.79 Å². The lowest BCUT2D eigenvalue weighted by molar-refractivity contribution is -0.117. The van der Waals surface area contributed by atoms with Gasteiger partial charge in [-0.2, -0.15) is 0 Å². The van der Waals surface area contributed by atoms with Crippen LogP contribution in [-0.2, 0) is 4.79 Å². The summed E-state index contributed by atoms with van der Waals surface area (Å²) in [6, 6.07) is 0. The summed E-state index contributed by atoms with van der Waals surface area (Å²) in [6.45, 7) is 0.852. The summed E-state index contributed by atoms with van der Waals surface area (Å²) in [6.07, 6.45) is 7.11. The van der Waals surface area contributed by atoms with Crippen molar-refractivity contribution in [2.24, 2.45) is 5.73 Å². The normalized spacial score (nSPS) is 15.5. The van der Waals surface area contributed by atoms with Crippen LogP contribution >= 0.6 is 0 Å². The molecule has 1 heterocycles. The topological polar surface area (TPSA) is 55.1 Å². The molecule has 0 aliphatic carbocycles. The van der Waals surface area contributed by atoms with Crippen molar-refractivity contribution in [2.75, 3.05) is 6.54 Å². The van der Waals surface area contributed by atoms with E-state index >= 15 is 0 Å². The zero-order valence-corrected chi connectivity index (χ0v) is 6.34. The maximum Gasteiger partial charge on any atom is 0.217 e. The average Bonchev–Trinajstić information content (AvgIpc) is 2.03. The maximum absolute atomic E-state index is 10.4. The summed E-state index contributed by atoms with van der Waals surface area (Å²) in [5.41, 5.74) is 6.19. The number of rotatable bonds is 3. The third kappa shape index (κ3) is 2.89. The molecule has 1 aliphatic rings. The molecule has 3 heteroatoms. The molecule has 3 nitrogen and oxygen atoms in total. The van der Waals surface area contributed by atoms with Crippen LogP contribution < -0.4 is 11.1 Å². The molecule has 0 unspecified atom stereocenters. The maximum atomic E-state index is 10.4. The molecule has 3 N–H and O–H groups in total. The van der Waals surface area contributed by atoms with Gasteiger partial charge in [0.05, 0.1) is 0 Å². The van der Waals surface area contributed by atoms with Crippen LogP contribution in [0.4, 0.5) is 0 Å². The summed E-state index contributed by atoms with van der Waals surface area (Å²) >= 11 is 0. The van der Waals surface area contributed by atoms with Crippen molar-refractivity contribution >= 4 is 5.91 Å². The second-order valence-corrected chi connectivity index (χ2v) is 2.49. The monoisotopic (exact) mass is 152 g/mol. The van der Waals surface area contributed by atoms with Gasteiger partial charge in [0.25, 0.3) is 0 Å². The highest BCUT2D eigenvalue weighted by atomic mass is 16.1. The average molecular weight is 152 g/mol.